The minimum absolute atomic E-state index is 0.593. The molecule has 1 aromatic rings. The summed E-state index contributed by atoms with van der Waals surface area (Å²) in [4.78, 5) is 0. The molecule has 0 amide bonds. The number of benzene rings is 1. The van der Waals surface area contributed by atoms with Gasteiger partial charge < -0.3 is 4.74 Å². The van der Waals surface area contributed by atoms with Crippen LogP contribution in [0.3, 0.4) is 0 Å². The van der Waals surface area contributed by atoms with E-state index in [0.29, 0.717) is 5.92 Å². The first-order chi connectivity index (χ1) is 6.65. The maximum absolute atomic E-state index is 5.13. The van der Waals surface area contributed by atoms with Crippen LogP contribution in [-0.4, -0.2) is 7.11 Å². The van der Waals surface area contributed by atoms with Crippen molar-refractivity contribution in [2.75, 3.05) is 7.11 Å². The molecule has 0 fully saturated rings. The summed E-state index contributed by atoms with van der Waals surface area (Å²) in [5.74, 6) is 1.54. The fraction of sp³-hybridized carbons (Fsp3) is 0.538. The van der Waals surface area contributed by atoms with Crippen LogP contribution < -0.4 is 4.74 Å². The van der Waals surface area contributed by atoms with Crippen LogP contribution in [0.15, 0.2) is 18.2 Å². The van der Waals surface area contributed by atoms with Crippen molar-refractivity contribution in [3.63, 3.8) is 0 Å². The average molecular weight is 194 g/mol. The lowest BCUT2D eigenvalue weighted by Crippen LogP contribution is -1.92. The second-order valence-corrected chi connectivity index (χ2v) is 3.38. The lowest BCUT2D eigenvalue weighted by atomic mass is 9.98. The zero-order valence-corrected chi connectivity index (χ0v) is 10.2. The number of hydrogen-bond acceptors (Lipinski definition) is 1. The Bertz CT molecular complexity index is 264. The third-order valence-corrected chi connectivity index (χ3v) is 2.10. The number of hydrogen-bond donors (Lipinski definition) is 0. The van der Waals surface area contributed by atoms with E-state index in [9.17, 15) is 0 Å². The van der Waals surface area contributed by atoms with Crippen LogP contribution in [0, 0.1) is 6.92 Å². The molecular weight excluding hydrogens is 172 g/mol. The Morgan fingerprint density at radius 3 is 2.07 bits per heavy atom. The molecule has 0 aliphatic rings. The van der Waals surface area contributed by atoms with Gasteiger partial charge in [0.2, 0.25) is 0 Å². The van der Waals surface area contributed by atoms with Gasteiger partial charge in [-0.1, -0.05) is 33.8 Å². The van der Waals surface area contributed by atoms with Gasteiger partial charge in [-0.25, -0.2) is 0 Å². The van der Waals surface area contributed by atoms with Crippen molar-refractivity contribution >= 4 is 0 Å². The van der Waals surface area contributed by atoms with Crippen LogP contribution in [-0.2, 0) is 0 Å². The molecule has 0 radical (unpaired) electrons. The number of rotatable bonds is 2. The maximum Gasteiger partial charge on any atom is 0.119 e. The van der Waals surface area contributed by atoms with Crippen molar-refractivity contribution in [1.82, 2.24) is 0 Å². The molecule has 1 aromatic carbocycles. The van der Waals surface area contributed by atoms with Crippen LogP contribution in [0.1, 0.15) is 44.7 Å². The third kappa shape index (κ3) is 3.41. The second kappa shape index (κ2) is 6.47. The quantitative estimate of drug-likeness (QED) is 0.687. The van der Waals surface area contributed by atoms with Crippen molar-refractivity contribution < 1.29 is 4.74 Å². The normalized spacial score (nSPS) is 9.36. The molecule has 1 rings (SSSR count). The first-order valence-electron chi connectivity index (χ1n) is 5.29. The van der Waals surface area contributed by atoms with Crippen molar-refractivity contribution in [3.8, 4) is 5.75 Å². The summed E-state index contributed by atoms with van der Waals surface area (Å²) in [6, 6.07) is 6.23. The highest BCUT2D eigenvalue weighted by Gasteiger charge is 2.03. The molecule has 1 nitrogen and oxygen atoms in total. The minimum atomic E-state index is 0.593. The van der Waals surface area contributed by atoms with Gasteiger partial charge in [0, 0.05) is 0 Å². The highest BCUT2D eigenvalue weighted by Crippen LogP contribution is 2.22. The van der Waals surface area contributed by atoms with Crippen molar-refractivity contribution in [3.05, 3.63) is 29.3 Å². The van der Waals surface area contributed by atoms with Crippen LogP contribution in [0.4, 0.5) is 0 Å². The maximum atomic E-state index is 5.13. The number of aryl methyl sites for hydroxylation is 1. The standard InChI is InChI=1S/C11H16O.C2H6/c1-8(2)11-6-5-10(12-4)7-9(11)3;1-2/h5-8H,1-4H3;1-2H3. The van der Waals surface area contributed by atoms with Crippen LogP contribution in [0.25, 0.3) is 0 Å². The summed E-state index contributed by atoms with van der Waals surface area (Å²) < 4.78 is 5.13. The zero-order chi connectivity index (χ0) is 11.1. The topological polar surface area (TPSA) is 9.23 Å². The molecule has 0 N–H and O–H groups in total. The molecule has 0 aliphatic heterocycles. The van der Waals surface area contributed by atoms with Gasteiger partial charge in [-0.05, 0) is 36.1 Å². The molecule has 0 bridgehead atoms. The van der Waals surface area contributed by atoms with Crippen LogP contribution in [0.5, 0.6) is 5.75 Å². The average Bonchev–Trinajstić information content (AvgIpc) is 2.20. The Morgan fingerprint density at radius 1 is 1.14 bits per heavy atom. The zero-order valence-electron chi connectivity index (χ0n) is 10.2. The van der Waals surface area contributed by atoms with E-state index in [0.717, 1.165) is 5.75 Å². The van der Waals surface area contributed by atoms with Gasteiger partial charge in [-0.3, -0.25) is 0 Å². The molecule has 1 heteroatoms. The van der Waals surface area contributed by atoms with Gasteiger partial charge in [-0.2, -0.15) is 0 Å². The summed E-state index contributed by atoms with van der Waals surface area (Å²) >= 11 is 0. The van der Waals surface area contributed by atoms with Crippen LogP contribution in [0.2, 0.25) is 0 Å². The Hall–Kier alpha value is -0.980. The van der Waals surface area contributed by atoms with Gasteiger partial charge >= 0.3 is 0 Å². The molecule has 0 saturated heterocycles. The largest absolute Gasteiger partial charge is 0.497 e. The Morgan fingerprint density at radius 2 is 1.71 bits per heavy atom. The summed E-state index contributed by atoms with van der Waals surface area (Å²) in [6.45, 7) is 10.5. The predicted octanol–water partition coefficient (Wildman–Crippen LogP) is 4.15. The van der Waals surface area contributed by atoms with Crippen LogP contribution >= 0.6 is 0 Å². The molecule has 0 aromatic heterocycles. The van der Waals surface area contributed by atoms with E-state index in [-0.39, 0.29) is 0 Å². The molecule has 0 spiro atoms. The highest BCUT2D eigenvalue weighted by molar-refractivity contribution is 5.36. The number of ether oxygens (including phenoxy) is 1. The van der Waals surface area contributed by atoms with E-state index in [4.69, 9.17) is 4.74 Å². The Balaban J connectivity index is 0.000000791. The predicted molar refractivity (Wildman–Crippen MR) is 63.2 cm³/mol. The molecule has 0 saturated carbocycles. The highest BCUT2D eigenvalue weighted by atomic mass is 16.5. The smallest absolute Gasteiger partial charge is 0.119 e. The first-order valence-corrected chi connectivity index (χ1v) is 5.29. The number of methoxy groups -OCH3 is 1. The molecule has 0 unspecified atom stereocenters. The van der Waals surface area contributed by atoms with E-state index in [1.165, 1.54) is 11.1 Å². The van der Waals surface area contributed by atoms with Gasteiger partial charge in [0.15, 0.2) is 0 Å². The summed E-state index contributed by atoms with van der Waals surface area (Å²) in [5.41, 5.74) is 2.71. The lowest BCUT2D eigenvalue weighted by molar-refractivity contribution is 0.414. The molecule has 80 valence electrons. The Labute approximate surface area is 88.1 Å². The van der Waals surface area contributed by atoms with E-state index >= 15 is 0 Å². The molecule has 0 atom stereocenters. The molecule has 0 heterocycles. The van der Waals surface area contributed by atoms with Gasteiger partial charge in [0.1, 0.15) is 5.75 Å². The van der Waals surface area contributed by atoms with Gasteiger partial charge in [0.05, 0.1) is 7.11 Å². The van der Waals surface area contributed by atoms with E-state index in [1.807, 2.05) is 19.9 Å². The minimum Gasteiger partial charge on any atom is -0.497 e. The summed E-state index contributed by atoms with van der Waals surface area (Å²) in [7, 11) is 1.70. The molecule has 14 heavy (non-hydrogen) atoms. The monoisotopic (exact) mass is 194 g/mol. The van der Waals surface area contributed by atoms with E-state index in [1.54, 1.807) is 7.11 Å². The fourth-order valence-electron chi connectivity index (χ4n) is 1.42. The molecule has 0 aliphatic carbocycles. The van der Waals surface area contributed by atoms with Crippen molar-refractivity contribution in [2.24, 2.45) is 0 Å². The molecular formula is C13H22O. The third-order valence-electron chi connectivity index (χ3n) is 2.10. The van der Waals surface area contributed by atoms with E-state index in [2.05, 4.69) is 32.9 Å². The second-order valence-electron chi connectivity index (χ2n) is 3.38. The van der Waals surface area contributed by atoms with Gasteiger partial charge in [-0.15, -0.1) is 0 Å². The summed E-state index contributed by atoms with van der Waals surface area (Å²) in [5, 5.41) is 0. The summed E-state index contributed by atoms with van der Waals surface area (Å²) in [6.07, 6.45) is 0. The first kappa shape index (κ1) is 13.0. The Kier molecular flexibility index (Phi) is 6.02. The van der Waals surface area contributed by atoms with Gasteiger partial charge in [0.25, 0.3) is 0 Å². The lowest BCUT2D eigenvalue weighted by Gasteiger charge is -2.10. The SMILES string of the molecule is CC.COc1ccc(C(C)C)c(C)c1. The van der Waals surface area contributed by atoms with E-state index < -0.39 is 0 Å². The fourth-order valence-corrected chi connectivity index (χ4v) is 1.42. The van der Waals surface area contributed by atoms with Crippen molar-refractivity contribution in [1.29, 1.82) is 0 Å². The van der Waals surface area contributed by atoms with Crippen molar-refractivity contribution in [2.45, 2.75) is 40.5 Å².